The Morgan fingerprint density at radius 2 is 2.08 bits per heavy atom. The van der Waals surface area contributed by atoms with Crippen LogP contribution in [-0.2, 0) is 4.74 Å². The number of rotatable bonds is 6. The Bertz CT molecular complexity index is 442. The minimum Gasteiger partial charge on any atom is -0.381 e. The first-order valence-corrected chi connectivity index (χ1v) is 10.0. The van der Waals surface area contributed by atoms with Crippen LogP contribution in [-0.4, -0.2) is 80.0 Å². The summed E-state index contributed by atoms with van der Waals surface area (Å²) < 4.78 is 43.1. The van der Waals surface area contributed by atoms with Gasteiger partial charge in [0.15, 0.2) is 5.96 Å². The highest BCUT2D eigenvalue weighted by atomic mass is 32.2. The van der Waals surface area contributed by atoms with Crippen LogP contribution in [0.25, 0.3) is 0 Å². The molecule has 0 aromatic carbocycles. The zero-order valence-electron chi connectivity index (χ0n) is 15.0. The van der Waals surface area contributed by atoms with E-state index in [9.17, 15) is 13.2 Å². The Morgan fingerprint density at radius 3 is 2.68 bits per heavy atom. The summed E-state index contributed by atoms with van der Waals surface area (Å²) in [4.78, 5) is 6.17. The lowest BCUT2D eigenvalue weighted by atomic mass is 9.99. The Balaban J connectivity index is 1.89. The molecule has 0 amide bonds. The van der Waals surface area contributed by atoms with Crippen LogP contribution in [0.15, 0.2) is 4.99 Å². The molecule has 0 spiro atoms. The topological polar surface area (TPSA) is 48.9 Å². The highest BCUT2D eigenvalue weighted by Crippen LogP contribution is 2.34. The van der Waals surface area contributed by atoms with Gasteiger partial charge in [-0.25, -0.2) is 0 Å². The normalized spacial score (nSPS) is 25.2. The number of guanidine groups is 1. The maximum atomic E-state index is 12.5. The third-order valence-electron chi connectivity index (χ3n) is 4.72. The molecule has 2 fully saturated rings. The van der Waals surface area contributed by atoms with Crippen LogP contribution in [0.3, 0.4) is 0 Å². The smallest absolute Gasteiger partial charge is 0.381 e. The highest BCUT2D eigenvalue weighted by Gasteiger charge is 2.35. The average Bonchev–Trinajstić information content (AvgIpc) is 2.99. The molecule has 0 radical (unpaired) electrons. The quantitative estimate of drug-likeness (QED) is 0.544. The summed E-state index contributed by atoms with van der Waals surface area (Å²) in [7, 11) is 0. The Morgan fingerprint density at radius 1 is 1.36 bits per heavy atom. The van der Waals surface area contributed by atoms with E-state index in [1.165, 1.54) is 4.90 Å². The second-order valence-electron chi connectivity index (χ2n) is 6.67. The summed E-state index contributed by atoms with van der Waals surface area (Å²) in [6, 6.07) is 0.0000637. The van der Waals surface area contributed by atoms with Crippen LogP contribution in [0.4, 0.5) is 13.2 Å². The molecule has 2 rings (SSSR count). The van der Waals surface area contributed by atoms with E-state index in [1.54, 1.807) is 0 Å². The molecule has 2 saturated heterocycles. The van der Waals surface area contributed by atoms with Crippen LogP contribution in [0.2, 0.25) is 0 Å². The molecule has 0 bridgehead atoms. The molecule has 0 aromatic heterocycles. The predicted octanol–water partition coefficient (Wildman–Crippen LogP) is 2.09. The van der Waals surface area contributed by atoms with Crippen molar-refractivity contribution < 1.29 is 17.9 Å². The molecule has 0 aliphatic carbocycles. The zero-order valence-corrected chi connectivity index (χ0v) is 15.8. The summed E-state index contributed by atoms with van der Waals surface area (Å²) in [6.07, 6.45) is 0.607. The molecule has 25 heavy (non-hydrogen) atoms. The maximum absolute atomic E-state index is 12.5. The first-order valence-electron chi connectivity index (χ1n) is 8.83. The van der Waals surface area contributed by atoms with Crippen LogP contribution in [0.5, 0.6) is 0 Å². The van der Waals surface area contributed by atoms with Crippen molar-refractivity contribution in [2.24, 2.45) is 4.99 Å². The zero-order chi connectivity index (χ0) is 18.3. The molecule has 2 aliphatic rings. The first kappa shape index (κ1) is 20.6. The molecule has 1 atom stereocenters. The fraction of sp³-hybridized carbons (Fsp3) is 0.938. The second-order valence-corrected chi connectivity index (χ2v) is 7.95. The summed E-state index contributed by atoms with van der Waals surface area (Å²) in [6.45, 7) is 4.93. The number of aliphatic imine (C=N–C) groups is 1. The lowest BCUT2D eigenvalue weighted by Crippen LogP contribution is -2.46. The average molecular weight is 382 g/mol. The van der Waals surface area contributed by atoms with Gasteiger partial charge in [0.05, 0.1) is 13.1 Å². The van der Waals surface area contributed by atoms with Crippen molar-refractivity contribution in [2.75, 3.05) is 52.2 Å². The van der Waals surface area contributed by atoms with Crippen molar-refractivity contribution in [1.82, 2.24) is 15.5 Å². The Hall–Kier alpha value is -0.670. The van der Waals surface area contributed by atoms with Crippen molar-refractivity contribution in [3.63, 3.8) is 0 Å². The van der Waals surface area contributed by atoms with Crippen molar-refractivity contribution in [2.45, 2.75) is 43.2 Å². The van der Waals surface area contributed by atoms with Gasteiger partial charge >= 0.3 is 6.18 Å². The van der Waals surface area contributed by atoms with Crippen LogP contribution < -0.4 is 10.6 Å². The lowest BCUT2D eigenvalue weighted by molar-refractivity contribution is -0.143. The van der Waals surface area contributed by atoms with Crippen molar-refractivity contribution >= 4 is 17.7 Å². The van der Waals surface area contributed by atoms with Gasteiger partial charge in [-0.1, -0.05) is 0 Å². The fourth-order valence-electron chi connectivity index (χ4n) is 3.25. The van der Waals surface area contributed by atoms with E-state index < -0.39 is 12.7 Å². The van der Waals surface area contributed by atoms with Crippen molar-refractivity contribution in [3.05, 3.63) is 0 Å². The lowest BCUT2D eigenvalue weighted by Gasteiger charge is -2.34. The number of nitrogens with one attached hydrogen (secondary N) is 2. The number of likely N-dealkylation sites (tertiary alicyclic amines) is 1. The number of hydrogen-bond acceptors (Lipinski definition) is 4. The van der Waals surface area contributed by atoms with Crippen LogP contribution in [0.1, 0.15) is 26.2 Å². The van der Waals surface area contributed by atoms with E-state index >= 15 is 0 Å². The molecule has 2 aliphatic heterocycles. The standard InChI is InChI=1S/C16H29F3N4OS/c1-3-20-14(21-11-15(25-2)5-8-24-9-6-15)22-13-4-7-23(10-13)12-16(17,18)19/h13H,3-12H2,1-2H3,(H2,20,21,22). The molecule has 2 heterocycles. The van der Waals surface area contributed by atoms with E-state index in [4.69, 9.17) is 9.73 Å². The molecule has 146 valence electrons. The molecule has 9 heteroatoms. The van der Waals surface area contributed by atoms with Gasteiger partial charge in [0, 0.05) is 43.6 Å². The molecule has 0 saturated carbocycles. The van der Waals surface area contributed by atoms with Gasteiger partial charge in [0.25, 0.3) is 0 Å². The number of alkyl halides is 3. The number of hydrogen-bond donors (Lipinski definition) is 2. The molecule has 5 nitrogen and oxygen atoms in total. The van der Waals surface area contributed by atoms with Crippen molar-refractivity contribution in [1.29, 1.82) is 0 Å². The van der Waals surface area contributed by atoms with Crippen LogP contribution in [0, 0.1) is 0 Å². The van der Waals surface area contributed by atoms with Crippen LogP contribution >= 0.6 is 11.8 Å². The van der Waals surface area contributed by atoms with E-state index in [-0.39, 0.29) is 10.8 Å². The number of halogens is 3. The number of ether oxygens (including phenoxy) is 1. The van der Waals surface area contributed by atoms with E-state index in [0.29, 0.717) is 32.0 Å². The van der Waals surface area contributed by atoms with Gasteiger partial charge < -0.3 is 15.4 Å². The summed E-state index contributed by atoms with van der Waals surface area (Å²) in [5, 5.41) is 6.51. The minimum atomic E-state index is -4.14. The monoisotopic (exact) mass is 382 g/mol. The van der Waals surface area contributed by atoms with E-state index in [1.807, 2.05) is 18.7 Å². The third kappa shape index (κ3) is 6.86. The third-order valence-corrected chi connectivity index (χ3v) is 6.13. The van der Waals surface area contributed by atoms with Crippen molar-refractivity contribution in [3.8, 4) is 0 Å². The van der Waals surface area contributed by atoms with Gasteiger partial charge in [-0.15, -0.1) is 0 Å². The maximum Gasteiger partial charge on any atom is 0.401 e. The Kier molecular flexibility index (Phi) is 7.69. The van der Waals surface area contributed by atoms with Gasteiger partial charge in [-0.2, -0.15) is 24.9 Å². The van der Waals surface area contributed by atoms with E-state index in [0.717, 1.165) is 32.6 Å². The van der Waals surface area contributed by atoms with E-state index in [2.05, 4.69) is 16.9 Å². The van der Waals surface area contributed by atoms with Gasteiger partial charge in [-0.3, -0.25) is 9.89 Å². The number of thioether (sulfide) groups is 1. The van der Waals surface area contributed by atoms with Gasteiger partial charge in [-0.05, 0) is 32.4 Å². The molecular weight excluding hydrogens is 353 g/mol. The fourth-order valence-corrected chi connectivity index (χ4v) is 4.02. The Labute approximate surface area is 152 Å². The molecular formula is C16H29F3N4OS. The summed E-state index contributed by atoms with van der Waals surface area (Å²) in [5.74, 6) is 0.696. The number of nitrogens with zero attached hydrogens (tertiary/aromatic N) is 2. The first-order chi connectivity index (χ1) is 11.9. The highest BCUT2D eigenvalue weighted by molar-refractivity contribution is 8.00. The molecule has 1 unspecified atom stereocenters. The van der Waals surface area contributed by atoms with Gasteiger partial charge in [0.2, 0.25) is 0 Å². The summed E-state index contributed by atoms with van der Waals surface area (Å²) in [5.41, 5.74) is 0. The second kappa shape index (κ2) is 9.32. The minimum absolute atomic E-state index is 0.0000637. The SMILES string of the molecule is CCNC(=NCC1(SC)CCOCC1)NC1CCN(CC(F)(F)F)C1. The summed E-state index contributed by atoms with van der Waals surface area (Å²) >= 11 is 1.83. The van der Waals surface area contributed by atoms with Gasteiger partial charge in [0.1, 0.15) is 0 Å². The molecule has 2 N–H and O–H groups in total. The largest absolute Gasteiger partial charge is 0.401 e. The molecule has 0 aromatic rings. The predicted molar refractivity (Wildman–Crippen MR) is 96.3 cm³/mol.